The Balaban J connectivity index is 1.32. The molecular weight excluding hydrogens is 438 g/mol. The summed E-state index contributed by atoms with van der Waals surface area (Å²) in [6.45, 7) is 1.88. The number of aryl methyl sites for hydroxylation is 1. The van der Waals surface area contributed by atoms with Crippen molar-refractivity contribution < 1.29 is 13.2 Å². The molecule has 0 saturated carbocycles. The van der Waals surface area contributed by atoms with E-state index in [0.29, 0.717) is 23.1 Å². The van der Waals surface area contributed by atoms with E-state index in [1.807, 2.05) is 35.8 Å². The Morgan fingerprint density at radius 1 is 0.879 bits per heavy atom. The van der Waals surface area contributed by atoms with Crippen LogP contribution in [0.2, 0.25) is 0 Å². The molecule has 33 heavy (non-hydrogen) atoms. The van der Waals surface area contributed by atoms with Crippen molar-refractivity contribution in [3.63, 3.8) is 0 Å². The molecule has 0 saturated heterocycles. The highest BCUT2D eigenvalue weighted by Gasteiger charge is 2.15. The van der Waals surface area contributed by atoms with E-state index < -0.39 is 10.0 Å². The van der Waals surface area contributed by atoms with E-state index in [4.69, 9.17) is 4.74 Å². The summed E-state index contributed by atoms with van der Waals surface area (Å²) in [5.41, 5.74) is 0.424. The second-order valence-corrected chi connectivity index (χ2v) is 8.98. The van der Waals surface area contributed by atoms with Crippen molar-refractivity contribution >= 4 is 26.5 Å². The predicted octanol–water partition coefficient (Wildman–Crippen LogP) is 4.72. The number of nitrogens with one attached hydrogen (secondary N) is 1. The molecule has 0 spiro atoms. The van der Waals surface area contributed by atoms with Gasteiger partial charge in [0.1, 0.15) is 23.7 Å². The Morgan fingerprint density at radius 2 is 1.67 bits per heavy atom. The third kappa shape index (κ3) is 4.39. The lowest BCUT2D eigenvalue weighted by atomic mass is 10.1. The van der Waals surface area contributed by atoms with Crippen LogP contribution in [-0.4, -0.2) is 27.9 Å². The van der Waals surface area contributed by atoms with Gasteiger partial charge in [0.15, 0.2) is 0 Å². The van der Waals surface area contributed by atoms with Crippen LogP contribution in [0.15, 0.2) is 96.4 Å². The number of rotatable bonds is 6. The molecule has 3 aromatic carbocycles. The van der Waals surface area contributed by atoms with Gasteiger partial charge in [-0.2, -0.15) is 0 Å². The first-order valence-electron chi connectivity index (χ1n) is 10.1. The second kappa shape index (κ2) is 8.36. The number of aromatic nitrogens is 4. The van der Waals surface area contributed by atoms with Crippen molar-refractivity contribution in [1.29, 1.82) is 0 Å². The molecule has 0 aliphatic carbocycles. The Morgan fingerprint density at radius 3 is 2.42 bits per heavy atom. The van der Waals surface area contributed by atoms with Gasteiger partial charge in [-0.25, -0.2) is 23.4 Å². The molecule has 5 aromatic rings. The van der Waals surface area contributed by atoms with E-state index in [0.717, 1.165) is 16.6 Å². The molecule has 0 fully saturated rings. The van der Waals surface area contributed by atoms with Crippen molar-refractivity contribution in [2.45, 2.75) is 11.8 Å². The molecule has 164 valence electrons. The molecule has 1 N–H and O–H groups in total. The summed E-state index contributed by atoms with van der Waals surface area (Å²) < 4.78 is 35.9. The van der Waals surface area contributed by atoms with Crippen molar-refractivity contribution in [3.05, 3.63) is 97.3 Å². The van der Waals surface area contributed by atoms with Crippen LogP contribution in [0.3, 0.4) is 0 Å². The predicted molar refractivity (Wildman–Crippen MR) is 125 cm³/mol. The first-order valence-corrected chi connectivity index (χ1v) is 11.6. The Kier molecular flexibility index (Phi) is 5.23. The minimum absolute atomic E-state index is 0.199. The molecule has 0 aliphatic heterocycles. The average Bonchev–Trinajstić information content (AvgIpc) is 3.26. The van der Waals surface area contributed by atoms with Crippen LogP contribution in [0.5, 0.6) is 11.6 Å². The lowest BCUT2D eigenvalue weighted by molar-refractivity contribution is 0.461. The van der Waals surface area contributed by atoms with Gasteiger partial charge in [0.2, 0.25) is 5.88 Å². The first kappa shape index (κ1) is 20.7. The number of hydrogen-bond acceptors (Lipinski definition) is 6. The molecular formula is C24H19N5O3S. The summed E-state index contributed by atoms with van der Waals surface area (Å²) in [7, 11) is -3.73. The summed E-state index contributed by atoms with van der Waals surface area (Å²) in [6.07, 6.45) is 4.91. The van der Waals surface area contributed by atoms with E-state index in [2.05, 4.69) is 19.7 Å². The van der Waals surface area contributed by atoms with Crippen molar-refractivity contribution in [3.8, 4) is 17.4 Å². The van der Waals surface area contributed by atoms with E-state index in [-0.39, 0.29) is 4.90 Å². The summed E-state index contributed by atoms with van der Waals surface area (Å²) in [6, 6.07) is 21.0. The number of fused-ring (bicyclic) bond motifs is 1. The number of nitrogens with zero attached hydrogens (tertiary/aromatic N) is 4. The van der Waals surface area contributed by atoms with Crippen molar-refractivity contribution in [2.75, 3.05) is 4.72 Å². The summed E-state index contributed by atoms with van der Waals surface area (Å²) in [5, 5.41) is 1.84. The average molecular weight is 458 g/mol. The molecule has 2 heterocycles. The normalized spacial score (nSPS) is 11.4. The number of imidazole rings is 1. The van der Waals surface area contributed by atoms with E-state index >= 15 is 0 Å². The van der Waals surface area contributed by atoms with Gasteiger partial charge in [-0.1, -0.05) is 30.3 Å². The lowest BCUT2D eigenvalue weighted by Crippen LogP contribution is -2.12. The van der Waals surface area contributed by atoms with Gasteiger partial charge in [0.25, 0.3) is 10.0 Å². The topological polar surface area (TPSA) is 99.0 Å². The van der Waals surface area contributed by atoms with E-state index in [1.165, 1.54) is 6.33 Å². The fourth-order valence-corrected chi connectivity index (χ4v) is 4.49. The van der Waals surface area contributed by atoms with Crippen LogP contribution in [0.25, 0.3) is 16.6 Å². The smallest absolute Gasteiger partial charge is 0.261 e. The minimum Gasteiger partial charge on any atom is -0.439 e. The molecule has 9 heteroatoms. The molecule has 0 amide bonds. The number of ether oxygens (including phenoxy) is 1. The Labute approximate surface area is 190 Å². The fraction of sp³-hybridized carbons (Fsp3) is 0.0417. The summed E-state index contributed by atoms with van der Waals surface area (Å²) in [5.74, 6) is 2.30. The maximum Gasteiger partial charge on any atom is 0.261 e. The zero-order valence-corrected chi connectivity index (χ0v) is 18.4. The van der Waals surface area contributed by atoms with Gasteiger partial charge in [-0.15, -0.1) is 0 Å². The minimum atomic E-state index is -3.73. The number of sulfonamides is 1. The van der Waals surface area contributed by atoms with Crippen LogP contribution in [0.4, 0.5) is 5.69 Å². The van der Waals surface area contributed by atoms with Crippen LogP contribution in [0, 0.1) is 6.92 Å². The van der Waals surface area contributed by atoms with Gasteiger partial charge in [0.05, 0.1) is 4.90 Å². The maximum atomic E-state index is 12.8. The van der Waals surface area contributed by atoms with Gasteiger partial charge in [0, 0.05) is 24.1 Å². The lowest BCUT2D eigenvalue weighted by Gasteiger charge is -2.10. The van der Waals surface area contributed by atoms with E-state index in [1.54, 1.807) is 60.9 Å². The third-order valence-corrected chi connectivity index (χ3v) is 6.44. The van der Waals surface area contributed by atoms with Crippen LogP contribution in [-0.2, 0) is 10.0 Å². The van der Waals surface area contributed by atoms with Crippen molar-refractivity contribution in [2.24, 2.45) is 0 Å². The van der Waals surface area contributed by atoms with Crippen LogP contribution < -0.4 is 9.46 Å². The highest BCUT2D eigenvalue weighted by Crippen LogP contribution is 2.25. The van der Waals surface area contributed by atoms with Gasteiger partial charge >= 0.3 is 0 Å². The quantitative estimate of drug-likeness (QED) is 0.396. The SMILES string of the molecule is Cc1nccn1-c1cc(Oc2ccc(NS(=O)(=O)c3ccc4ccccc4c3)cc2)ncn1. The molecule has 0 atom stereocenters. The third-order valence-electron chi connectivity index (χ3n) is 5.06. The maximum absolute atomic E-state index is 12.8. The fourth-order valence-electron chi connectivity index (χ4n) is 3.40. The van der Waals surface area contributed by atoms with E-state index in [9.17, 15) is 8.42 Å². The zero-order chi connectivity index (χ0) is 22.8. The Hall–Kier alpha value is -4.24. The van der Waals surface area contributed by atoms with Gasteiger partial charge in [-0.3, -0.25) is 9.29 Å². The highest BCUT2D eigenvalue weighted by molar-refractivity contribution is 7.92. The summed E-state index contributed by atoms with van der Waals surface area (Å²) >= 11 is 0. The molecule has 0 bridgehead atoms. The molecule has 2 aromatic heterocycles. The van der Waals surface area contributed by atoms with Gasteiger partial charge < -0.3 is 4.74 Å². The zero-order valence-electron chi connectivity index (χ0n) is 17.6. The standard InChI is InChI=1S/C24H19N5O3S/c1-17-25-12-13-29(17)23-15-24(27-16-26-23)32-21-9-7-20(8-10-21)28-33(30,31)22-11-6-18-4-2-3-5-19(18)14-22/h2-16,28H,1H3. The molecule has 0 radical (unpaired) electrons. The summed E-state index contributed by atoms with van der Waals surface area (Å²) in [4.78, 5) is 12.8. The molecule has 5 rings (SSSR count). The number of anilines is 1. The van der Waals surface area contributed by atoms with Gasteiger partial charge in [-0.05, 0) is 54.1 Å². The largest absolute Gasteiger partial charge is 0.439 e. The monoisotopic (exact) mass is 457 g/mol. The molecule has 0 aliphatic rings. The van der Waals surface area contributed by atoms with Crippen LogP contribution >= 0.6 is 0 Å². The first-order chi connectivity index (χ1) is 16.0. The number of hydrogen-bond donors (Lipinski definition) is 1. The second-order valence-electron chi connectivity index (χ2n) is 7.30. The molecule has 0 unspecified atom stereocenters. The van der Waals surface area contributed by atoms with Crippen LogP contribution in [0.1, 0.15) is 5.82 Å². The number of benzene rings is 3. The highest BCUT2D eigenvalue weighted by atomic mass is 32.2. The van der Waals surface area contributed by atoms with Crippen molar-refractivity contribution in [1.82, 2.24) is 19.5 Å². The molecule has 8 nitrogen and oxygen atoms in total. The Bertz CT molecular complexity index is 1550.